The molecule has 1 rings (SSSR count). The van der Waals surface area contributed by atoms with Gasteiger partial charge in [0.25, 0.3) is 0 Å². The summed E-state index contributed by atoms with van der Waals surface area (Å²) in [6, 6.07) is 0. The summed E-state index contributed by atoms with van der Waals surface area (Å²) in [6.07, 6.45) is 3.56. The van der Waals surface area contributed by atoms with E-state index in [9.17, 15) is 44.6 Å². The molecule has 0 bridgehead atoms. The number of unbranched alkanes of at least 4 members (excludes halogenated alkanes) is 23. The molecule has 57 heavy (non-hydrogen) atoms. The van der Waals surface area contributed by atoms with Gasteiger partial charge in [-0.1, -0.05) is 154 Å². The van der Waals surface area contributed by atoms with Crippen LogP contribution < -0.4 is 0 Å². The van der Waals surface area contributed by atoms with Crippen molar-refractivity contribution < 1.29 is 71.3 Å². The number of esters is 2. The number of phosphoric ester groups is 1. The number of hydrogen-bond acceptors (Lipinski definition) is 12. The zero-order valence-corrected chi connectivity index (χ0v) is 35.8. The molecule has 0 aromatic rings. The maximum Gasteiger partial charge on any atom is 0.472 e. The molecule has 8 atom stereocenters. The summed E-state index contributed by atoms with van der Waals surface area (Å²) in [5, 5.41) is 52.1. The second-order valence-corrected chi connectivity index (χ2v) is 16.4. The monoisotopic (exact) mass is 843 g/mol. The maximum absolute atomic E-state index is 13.1. The molecule has 0 heterocycles. The molecule has 0 amide bonds. The van der Waals surface area contributed by atoms with E-state index in [1.54, 1.807) is 0 Å². The smallest absolute Gasteiger partial charge is 0.462 e. The number of aliphatic hydroxyl groups is 5. The van der Waals surface area contributed by atoms with Crippen LogP contribution in [0.15, 0.2) is 12.2 Å². The van der Waals surface area contributed by atoms with Crippen molar-refractivity contribution >= 4 is 19.8 Å². The van der Waals surface area contributed by atoms with Crippen LogP contribution in [0.4, 0.5) is 0 Å². The summed E-state index contributed by atoms with van der Waals surface area (Å²) in [5.74, 6) is -1.43. The lowest BCUT2D eigenvalue weighted by atomic mass is 9.85. The van der Waals surface area contributed by atoms with Crippen molar-refractivity contribution in [2.24, 2.45) is 0 Å². The molecule has 1 aliphatic rings. The molecule has 0 aromatic heterocycles. The molecule has 14 heteroatoms. The number of ether oxygens (including phenoxy) is 2. The van der Waals surface area contributed by atoms with E-state index in [0.29, 0.717) is 19.3 Å². The minimum absolute atomic E-state index is 0.0374. The van der Waals surface area contributed by atoms with Gasteiger partial charge in [-0.3, -0.25) is 18.6 Å². The maximum atomic E-state index is 13.1. The zero-order chi connectivity index (χ0) is 47.7. The highest BCUT2D eigenvalue weighted by molar-refractivity contribution is 7.47. The number of hydrogen-bond donors (Lipinski definition) is 6. The standard InChI is InChI=1S/C43H81O13P/c1-3-5-7-9-11-13-15-17-18-20-22-24-26-28-30-32-37(45)55-35(34-54-57(51,52)56-43-41(49)39(47)38(46)40(48)42(43)50)33-53-36(44)31-29-27-25-23-21-19-16-14-12-10-8-6-4-2/h17-18,35,38-43,46-50H,3-16,19-34H2,1-2H3,(H,51,52)/b18-17+/t35-,38?,39-,40+,41+,42+,43?/m0/s1/i38D,39D,40D,41D,42D,43D. The highest BCUT2D eigenvalue weighted by Gasteiger charge is 2.51. The van der Waals surface area contributed by atoms with Gasteiger partial charge in [-0.2, -0.15) is 0 Å². The van der Waals surface area contributed by atoms with Gasteiger partial charge in [0.15, 0.2) is 6.10 Å². The third kappa shape index (κ3) is 27.1. The molecule has 13 nitrogen and oxygen atoms in total. The molecule has 336 valence electrons. The summed E-state index contributed by atoms with van der Waals surface area (Å²) in [4.78, 5) is 36.0. The predicted molar refractivity (Wildman–Crippen MR) is 221 cm³/mol. The van der Waals surface area contributed by atoms with Crippen molar-refractivity contribution in [1.29, 1.82) is 0 Å². The first-order chi connectivity index (χ1) is 29.5. The molecule has 1 fully saturated rings. The fraction of sp³-hybridized carbons (Fsp3) is 0.907. The van der Waals surface area contributed by atoms with Crippen LogP contribution in [0, 0.1) is 0 Å². The Balaban J connectivity index is 2.76. The van der Waals surface area contributed by atoms with Crippen LogP contribution in [-0.2, 0) is 32.7 Å². The Bertz CT molecular complexity index is 1340. The summed E-state index contributed by atoms with van der Waals surface area (Å²) >= 11 is 0. The van der Waals surface area contributed by atoms with E-state index in [4.69, 9.17) is 22.2 Å². The van der Waals surface area contributed by atoms with E-state index >= 15 is 0 Å². The fourth-order valence-corrected chi connectivity index (χ4v) is 7.13. The molecule has 0 saturated heterocycles. The van der Waals surface area contributed by atoms with E-state index in [-0.39, 0.29) is 12.8 Å². The zero-order valence-electron chi connectivity index (χ0n) is 40.9. The average molecular weight is 843 g/mol. The molecule has 3 unspecified atom stereocenters. The molecule has 6 N–H and O–H groups in total. The van der Waals surface area contributed by atoms with Crippen LogP contribution >= 0.6 is 7.82 Å². The van der Waals surface area contributed by atoms with Crippen molar-refractivity contribution in [2.45, 2.75) is 236 Å². The van der Waals surface area contributed by atoms with E-state index in [2.05, 4.69) is 30.5 Å². The predicted octanol–water partition coefficient (Wildman–Crippen LogP) is 8.28. The molecule has 1 saturated carbocycles. The fourth-order valence-electron chi connectivity index (χ4n) is 6.32. The first-order valence-corrected chi connectivity index (χ1v) is 23.3. The van der Waals surface area contributed by atoms with Gasteiger partial charge >= 0.3 is 19.8 Å². The Hall–Kier alpha value is -1.41. The van der Waals surface area contributed by atoms with Crippen molar-refractivity contribution in [2.75, 3.05) is 13.2 Å². The lowest BCUT2D eigenvalue weighted by Gasteiger charge is -2.41. The SMILES string of the molecule is [2H]C1(OP(=O)(O)OC[C@H](COC(=O)CCCCCCCCCCCCCCC)OC(=O)CCCCCCC/C=C/CCCCCCCC)[C@]([2H])(O)[C@@]([2H])(O)C([2H])(O)[C@@]([2H])(O)[C@@]1([2H])O. The highest BCUT2D eigenvalue weighted by Crippen LogP contribution is 2.47. The van der Waals surface area contributed by atoms with Crippen LogP contribution in [-0.4, -0.2) is 98.2 Å². The Labute approximate surface area is 352 Å². The van der Waals surface area contributed by atoms with Gasteiger partial charge in [0.1, 0.15) is 43.1 Å². The van der Waals surface area contributed by atoms with Gasteiger partial charge in [-0.05, 0) is 38.5 Å². The number of phosphoric acid groups is 1. The third-order valence-electron chi connectivity index (χ3n) is 9.81. The molecule has 0 spiro atoms. The van der Waals surface area contributed by atoms with Gasteiger partial charge < -0.3 is 39.9 Å². The van der Waals surface area contributed by atoms with Gasteiger partial charge in [0, 0.05) is 12.8 Å². The van der Waals surface area contributed by atoms with Gasteiger partial charge in [0.05, 0.1) is 14.8 Å². The topological polar surface area (TPSA) is 210 Å². The number of carbonyl (C=O) groups is 2. The molecule has 1 aliphatic carbocycles. The van der Waals surface area contributed by atoms with E-state index < -0.39 is 75.6 Å². The first kappa shape index (κ1) is 43.7. The Morgan fingerprint density at radius 2 is 0.930 bits per heavy atom. The highest BCUT2D eigenvalue weighted by atomic mass is 31.2. The van der Waals surface area contributed by atoms with E-state index in [0.717, 1.165) is 57.8 Å². The second-order valence-electron chi connectivity index (χ2n) is 15.0. The second kappa shape index (κ2) is 34.3. The van der Waals surface area contributed by atoms with Gasteiger partial charge in [-0.25, -0.2) is 4.57 Å². The molecular weight excluding hydrogens is 755 g/mol. The van der Waals surface area contributed by atoms with Crippen LogP contribution in [0.3, 0.4) is 0 Å². The average Bonchev–Trinajstić information content (AvgIpc) is 3.21. The first-order valence-electron chi connectivity index (χ1n) is 24.8. The Kier molecular flexibility index (Phi) is 26.3. The lowest BCUT2D eigenvalue weighted by molar-refractivity contribution is -0.220. The van der Waals surface area contributed by atoms with Crippen molar-refractivity contribution in [3.8, 4) is 0 Å². The van der Waals surface area contributed by atoms with Gasteiger partial charge in [0.2, 0.25) is 0 Å². The van der Waals surface area contributed by atoms with Crippen molar-refractivity contribution in [3.05, 3.63) is 12.2 Å². The summed E-state index contributed by atoms with van der Waals surface area (Å²) < 4.78 is 80.2. The minimum atomic E-state index is -6.00. The van der Waals surface area contributed by atoms with E-state index in [1.165, 1.54) is 89.9 Å². The molecule has 0 aromatic carbocycles. The largest absolute Gasteiger partial charge is 0.472 e. The van der Waals surface area contributed by atoms with Crippen molar-refractivity contribution in [3.63, 3.8) is 0 Å². The molecule has 0 radical (unpaired) electrons. The summed E-state index contributed by atoms with van der Waals surface area (Å²) in [6.45, 7) is 2.62. The minimum Gasteiger partial charge on any atom is -0.462 e. The van der Waals surface area contributed by atoms with Gasteiger partial charge in [-0.15, -0.1) is 0 Å². The summed E-state index contributed by atoms with van der Waals surface area (Å²) in [5.41, 5.74) is 0. The normalized spacial score (nSPS) is 32.0. The summed E-state index contributed by atoms with van der Waals surface area (Å²) in [7, 11) is -6.00. The van der Waals surface area contributed by atoms with Crippen molar-refractivity contribution in [1.82, 2.24) is 0 Å². The Morgan fingerprint density at radius 3 is 1.37 bits per heavy atom. The van der Waals surface area contributed by atoms with Crippen LogP contribution in [0.5, 0.6) is 0 Å². The number of rotatable bonds is 37. The molecular formula is C43H81O13P. The number of allylic oxidation sites excluding steroid dienone is 2. The van der Waals surface area contributed by atoms with E-state index in [1.807, 2.05) is 0 Å². The third-order valence-corrected chi connectivity index (χ3v) is 10.7. The molecule has 0 aliphatic heterocycles. The lowest BCUT2D eigenvalue weighted by Crippen LogP contribution is -2.64. The quantitative estimate of drug-likeness (QED) is 0.0151. The number of carbonyl (C=O) groups excluding carboxylic acids is 2. The Morgan fingerprint density at radius 1 is 0.561 bits per heavy atom. The van der Waals surface area contributed by atoms with Crippen LogP contribution in [0.1, 0.15) is 202 Å². The van der Waals surface area contributed by atoms with Crippen LogP contribution in [0.25, 0.3) is 0 Å². The van der Waals surface area contributed by atoms with Crippen LogP contribution in [0.2, 0.25) is 0 Å².